The van der Waals surface area contributed by atoms with E-state index in [2.05, 4.69) is 17.2 Å². The first-order chi connectivity index (χ1) is 13.6. The van der Waals surface area contributed by atoms with Gasteiger partial charge >= 0.3 is 0 Å². The predicted octanol–water partition coefficient (Wildman–Crippen LogP) is 4.49. The summed E-state index contributed by atoms with van der Waals surface area (Å²) < 4.78 is 1.96. The highest BCUT2D eigenvalue weighted by molar-refractivity contribution is 6.00. The first kappa shape index (κ1) is 19.5. The van der Waals surface area contributed by atoms with Gasteiger partial charge in [-0.3, -0.25) is 9.59 Å². The lowest BCUT2D eigenvalue weighted by atomic mass is 10.0. The lowest BCUT2D eigenvalue weighted by molar-refractivity contribution is -0.116. The van der Waals surface area contributed by atoms with Gasteiger partial charge in [0.1, 0.15) is 0 Å². The number of carbonyl (C=O) groups excluding carboxylic acids is 2. The quantitative estimate of drug-likeness (QED) is 0.561. The molecule has 0 bridgehead atoms. The summed E-state index contributed by atoms with van der Waals surface area (Å²) >= 11 is 0. The van der Waals surface area contributed by atoms with Crippen molar-refractivity contribution >= 4 is 17.4 Å². The van der Waals surface area contributed by atoms with Crippen molar-refractivity contribution in [3.8, 4) is 0 Å². The van der Waals surface area contributed by atoms with E-state index in [9.17, 15) is 9.59 Å². The van der Waals surface area contributed by atoms with Crippen molar-refractivity contribution in [3.05, 3.63) is 83.9 Å². The zero-order valence-corrected chi connectivity index (χ0v) is 16.1. The Morgan fingerprint density at radius 3 is 2.57 bits per heavy atom. The summed E-state index contributed by atoms with van der Waals surface area (Å²) in [5.41, 5.74) is 3.69. The van der Waals surface area contributed by atoms with Crippen LogP contribution >= 0.6 is 0 Å². The molecule has 0 aliphatic rings. The standard InChI is InChI=1S/C23H25N3O2/c1-2-4-18-7-9-20(10-8-18)22(27)11-12-23(28)25-21-6-3-5-19(15-21)16-26-14-13-24-17-26/h3,5-10,13-15,17H,2,4,11-12,16H2,1H3,(H,25,28). The second-order valence-corrected chi connectivity index (χ2v) is 6.85. The normalized spacial score (nSPS) is 10.6. The molecule has 5 nitrogen and oxygen atoms in total. The van der Waals surface area contributed by atoms with Gasteiger partial charge in [0.05, 0.1) is 6.33 Å². The summed E-state index contributed by atoms with van der Waals surface area (Å²) in [6.45, 7) is 2.82. The number of benzene rings is 2. The van der Waals surface area contributed by atoms with Crippen molar-refractivity contribution in [3.63, 3.8) is 0 Å². The van der Waals surface area contributed by atoms with Crippen molar-refractivity contribution in [2.45, 2.75) is 39.2 Å². The number of aryl methyl sites for hydroxylation is 1. The number of carbonyl (C=O) groups is 2. The Bertz CT molecular complexity index is 915. The molecule has 0 aliphatic carbocycles. The minimum atomic E-state index is -0.157. The first-order valence-electron chi connectivity index (χ1n) is 9.60. The summed E-state index contributed by atoms with van der Waals surface area (Å²) in [6, 6.07) is 15.4. The van der Waals surface area contributed by atoms with Crippen LogP contribution < -0.4 is 5.32 Å². The van der Waals surface area contributed by atoms with Crippen molar-refractivity contribution in [1.82, 2.24) is 9.55 Å². The number of nitrogens with zero attached hydrogens (tertiary/aromatic N) is 2. The SMILES string of the molecule is CCCc1ccc(C(=O)CCC(=O)Nc2cccc(Cn3ccnc3)c2)cc1. The van der Waals surface area contributed by atoms with Crippen molar-refractivity contribution in [1.29, 1.82) is 0 Å². The molecule has 144 valence electrons. The minimum absolute atomic E-state index is 0.00735. The lowest BCUT2D eigenvalue weighted by Gasteiger charge is -2.08. The molecule has 3 aromatic rings. The van der Waals surface area contributed by atoms with Crippen LogP contribution in [0.15, 0.2) is 67.3 Å². The van der Waals surface area contributed by atoms with E-state index >= 15 is 0 Å². The summed E-state index contributed by atoms with van der Waals surface area (Å²) in [7, 11) is 0. The number of hydrogen-bond donors (Lipinski definition) is 1. The second-order valence-electron chi connectivity index (χ2n) is 6.85. The van der Waals surface area contributed by atoms with E-state index in [1.165, 1.54) is 5.56 Å². The van der Waals surface area contributed by atoms with E-state index < -0.39 is 0 Å². The first-order valence-corrected chi connectivity index (χ1v) is 9.60. The van der Waals surface area contributed by atoms with Gasteiger partial charge in [-0.1, -0.05) is 49.7 Å². The van der Waals surface area contributed by atoms with Gasteiger partial charge < -0.3 is 9.88 Å². The van der Waals surface area contributed by atoms with Crippen LogP contribution in [0.1, 0.15) is 47.7 Å². The number of rotatable bonds is 9. The van der Waals surface area contributed by atoms with Gasteiger partial charge in [0.25, 0.3) is 0 Å². The molecule has 0 fully saturated rings. The molecule has 2 aromatic carbocycles. The van der Waals surface area contributed by atoms with Gasteiger partial charge in [0, 0.05) is 43.0 Å². The van der Waals surface area contributed by atoms with Gasteiger partial charge in [-0.2, -0.15) is 0 Å². The third-order valence-electron chi connectivity index (χ3n) is 4.53. The molecule has 0 saturated heterocycles. The van der Waals surface area contributed by atoms with Crippen LogP contribution in [-0.4, -0.2) is 21.2 Å². The fourth-order valence-electron chi connectivity index (χ4n) is 3.08. The van der Waals surface area contributed by atoms with Crippen LogP contribution in [0, 0.1) is 0 Å². The van der Waals surface area contributed by atoms with E-state index in [0.717, 1.165) is 24.1 Å². The van der Waals surface area contributed by atoms with Crippen LogP contribution in [0.3, 0.4) is 0 Å². The average Bonchev–Trinajstić information content (AvgIpc) is 3.20. The number of amides is 1. The Balaban J connectivity index is 1.50. The molecule has 1 aromatic heterocycles. The lowest BCUT2D eigenvalue weighted by Crippen LogP contribution is -2.13. The number of nitrogens with one attached hydrogen (secondary N) is 1. The minimum Gasteiger partial charge on any atom is -0.333 e. The summed E-state index contributed by atoms with van der Waals surface area (Å²) in [5, 5.41) is 2.88. The van der Waals surface area contributed by atoms with Gasteiger partial charge in [-0.15, -0.1) is 0 Å². The summed E-state index contributed by atoms with van der Waals surface area (Å²) in [5.74, 6) is -0.164. The Kier molecular flexibility index (Phi) is 6.73. The van der Waals surface area contributed by atoms with Crippen LogP contribution in [0.2, 0.25) is 0 Å². The molecular formula is C23H25N3O2. The molecule has 0 aliphatic heterocycles. The maximum atomic E-state index is 12.3. The molecule has 3 rings (SSSR count). The largest absolute Gasteiger partial charge is 0.333 e. The number of hydrogen-bond acceptors (Lipinski definition) is 3. The zero-order valence-electron chi connectivity index (χ0n) is 16.1. The van der Waals surface area contributed by atoms with E-state index in [0.29, 0.717) is 12.1 Å². The maximum Gasteiger partial charge on any atom is 0.224 e. The third-order valence-corrected chi connectivity index (χ3v) is 4.53. The molecule has 1 amide bonds. The molecule has 5 heteroatoms. The fourth-order valence-corrected chi connectivity index (χ4v) is 3.08. The number of anilines is 1. The van der Waals surface area contributed by atoms with E-state index in [1.54, 1.807) is 12.5 Å². The Morgan fingerprint density at radius 2 is 1.86 bits per heavy atom. The topological polar surface area (TPSA) is 64.0 Å². The zero-order chi connectivity index (χ0) is 19.8. The maximum absolute atomic E-state index is 12.3. The molecule has 0 unspecified atom stereocenters. The van der Waals surface area contributed by atoms with Crippen LogP contribution in [0.25, 0.3) is 0 Å². The van der Waals surface area contributed by atoms with Crippen molar-refractivity contribution in [2.24, 2.45) is 0 Å². The highest BCUT2D eigenvalue weighted by Gasteiger charge is 2.10. The number of Topliss-reactive ketones (excluding diaryl/α,β-unsaturated/α-hetero) is 1. The Labute approximate surface area is 165 Å². The molecule has 1 heterocycles. The molecule has 0 spiro atoms. The Morgan fingerprint density at radius 1 is 1.04 bits per heavy atom. The number of imidazole rings is 1. The van der Waals surface area contributed by atoms with E-state index in [4.69, 9.17) is 0 Å². The van der Waals surface area contributed by atoms with Crippen LogP contribution in [0.4, 0.5) is 5.69 Å². The number of aromatic nitrogens is 2. The van der Waals surface area contributed by atoms with Crippen molar-refractivity contribution in [2.75, 3.05) is 5.32 Å². The Hall–Kier alpha value is -3.21. The molecule has 28 heavy (non-hydrogen) atoms. The highest BCUT2D eigenvalue weighted by atomic mass is 16.2. The predicted molar refractivity (Wildman–Crippen MR) is 110 cm³/mol. The molecule has 0 saturated carbocycles. The highest BCUT2D eigenvalue weighted by Crippen LogP contribution is 2.14. The molecule has 1 N–H and O–H groups in total. The van der Waals surface area contributed by atoms with Gasteiger partial charge in [-0.25, -0.2) is 4.98 Å². The smallest absolute Gasteiger partial charge is 0.224 e. The second kappa shape index (κ2) is 9.65. The monoisotopic (exact) mass is 375 g/mol. The summed E-state index contributed by atoms with van der Waals surface area (Å²) in [6.07, 6.45) is 7.85. The van der Waals surface area contributed by atoms with Gasteiger partial charge in [-0.05, 0) is 29.7 Å². The van der Waals surface area contributed by atoms with Crippen molar-refractivity contribution < 1.29 is 9.59 Å². The van der Waals surface area contributed by atoms with Crippen LogP contribution in [0.5, 0.6) is 0 Å². The summed E-state index contributed by atoms with van der Waals surface area (Å²) in [4.78, 5) is 28.6. The molecule has 0 radical (unpaired) electrons. The van der Waals surface area contributed by atoms with Gasteiger partial charge in [0.15, 0.2) is 5.78 Å². The van der Waals surface area contributed by atoms with E-state index in [-0.39, 0.29) is 24.5 Å². The average molecular weight is 375 g/mol. The van der Waals surface area contributed by atoms with Gasteiger partial charge in [0.2, 0.25) is 5.91 Å². The number of ketones is 1. The van der Waals surface area contributed by atoms with Crippen LogP contribution in [-0.2, 0) is 17.8 Å². The third kappa shape index (κ3) is 5.64. The fraction of sp³-hybridized carbons (Fsp3) is 0.261. The molecular weight excluding hydrogens is 350 g/mol. The van der Waals surface area contributed by atoms with E-state index in [1.807, 2.05) is 59.3 Å². The molecule has 0 atom stereocenters.